The van der Waals surface area contributed by atoms with Gasteiger partial charge in [-0.15, -0.1) is 11.8 Å². The molecule has 1 N–H and O–H groups in total. The van der Waals surface area contributed by atoms with Crippen LogP contribution in [0.25, 0.3) is 4.91 Å². The fourth-order valence-electron chi connectivity index (χ4n) is 2.55. The predicted octanol–water partition coefficient (Wildman–Crippen LogP) is 1.42. The van der Waals surface area contributed by atoms with Gasteiger partial charge in [0.05, 0.1) is 23.0 Å². The van der Waals surface area contributed by atoms with Crippen LogP contribution in [0.3, 0.4) is 0 Å². The van der Waals surface area contributed by atoms with Gasteiger partial charge in [-0.3, -0.25) is 4.79 Å². The van der Waals surface area contributed by atoms with Crippen LogP contribution in [0, 0.1) is 0 Å². The zero-order valence-electron chi connectivity index (χ0n) is 11.9. The molecule has 1 aromatic carbocycles. The van der Waals surface area contributed by atoms with Crippen LogP contribution >= 0.6 is 11.8 Å². The molecule has 3 rings (SSSR count). The smallest absolute Gasteiger partial charge is 0.287 e. The normalized spacial score (nSPS) is 23.9. The molecular weight excluding hydrogens is 322 g/mol. The largest absolute Gasteiger partial charge is 0.486 e. The molecule has 2 aliphatic heterocycles. The summed E-state index contributed by atoms with van der Waals surface area (Å²) in [5.74, 6) is 0.913. The molecule has 1 atom stereocenters. The maximum atomic E-state index is 12.4. The van der Waals surface area contributed by atoms with Crippen LogP contribution in [0.5, 0.6) is 0 Å². The second kappa shape index (κ2) is 6.34. The summed E-state index contributed by atoms with van der Waals surface area (Å²) in [6.45, 7) is 0.479. The van der Waals surface area contributed by atoms with Gasteiger partial charge in [0.25, 0.3) is 5.91 Å². The Balaban J connectivity index is 1.81. The number of amides is 1. The third-order valence-corrected chi connectivity index (χ3v) is 6.44. The van der Waals surface area contributed by atoms with E-state index >= 15 is 0 Å². The minimum Gasteiger partial charge on any atom is -0.486 e. The highest BCUT2D eigenvalue weighted by Crippen LogP contribution is 2.34. The van der Waals surface area contributed by atoms with E-state index in [9.17, 15) is 13.2 Å². The summed E-state index contributed by atoms with van der Waals surface area (Å²) in [5, 5.41) is 2.79. The van der Waals surface area contributed by atoms with Gasteiger partial charge in [0.2, 0.25) is 0 Å². The van der Waals surface area contributed by atoms with Crippen molar-refractivity contribution in [3.8, 4) is 0 Å². The fourth-order valence-corrected chi connectivity index (χ4v) is 5.18. The Morgan fingerprint density at radius 2 is 2.05 bits per heavy atom. The number of rotatable bonds is 3. The predicted molar refractivity (Wildman–Crippen MR) is 87.0 cm³/mol. The topological polar surface area (TPSA) is 72.5 Å². The van der Waals surface area contributed by atoms with Crippen molar-refractivity contribution in [1.29, 1.82) is 0 Å². The van der Waals surface area contributed by atoms with Crippen LogP contribution in [0.15, 0.2) is 36.1 Å². The molecule has 1 fully saturated rings. The van der Waals surface area contributed by atoms with Crippen LogP contribution in [0.1, 0.15) is 12.0 Å². The van der Waals surface area contributed by atoms with Crippen molar-refractivity contribution in [1.82, 2.24) is 5.32 Å². The maximum Gasteiger partial charge on any atom is 0.287 e. The highest BCUT2D eigenvalue weighted by Gasteiger charge is 2.31. The molecule has 22 heavy (non-hydrogen) atoms. The number of benzene rings is 1. The van der Waals surface area contributed by atoms with Crippen molar-refractivity contribution >= 4 is 32.4 Å². The van der Waals surface area contributed by atoms with Crippen LogP contribution in [-0.2, 0) is 19.4 Å². The van der Waals surface area contributed by atoms with Crippen molar-refractivity contribution in [3.05, 3.63) is 41.7 Å². The number of ether oxygens (including phenoxy) is 1. The van der Waals surface area contributed by atoms with Crippen LogP contribution in [0.2, 0.25) is 0 Å². The van der Waals surface area contributed by atoms with Crippen LogP contribution < -0.4 is 5.32 Å². The van der Waals surface area contributed by atoms with E-state index in [1.165, 1.54) is 0 Å². The fraction of sp³-hybridized carbons (Fsp3) is 0.400. The standard InChI is InChI=1S/C15H17NO4S2/c17-15(16-12-6-9-22(18,19)10-12)13-14(21-8-7-20-13)11-4-2-1-3-5-11/h1-5,12H,6-10H2,(H,16,17)/t12-/m0/s1. The first-order chi connectivity index (χ1) is 10.6. The lowest BCUT2D eigenvalue weighted by molar-refractivity contribution is -0.121. The highest BCUT2D eigenvalue weighted by atomic mass is 32.2. The summed E-state index contributed by atoms with van der Waals surface area (Å²) in [6, 6.07) is 9.29. The Kier molecular flexibility index (Phi) is 4.44. The first kappa shape index (κ1) is 15.4. The van der Waals surface area contributed by atoms with E-state index in [0.29, 0.717) is 18.8 Å². The number of carbonyl (C=O) groups excluding carboxylic acids is 1. The van der Waals surface area contributed by atoms with Gasteiger partial charge in [0.1, 0.15) is 0 Å². The summed E-state index contributed by atoms with van der Waals surface area (Å²) in [4.78, 5) is 13.3. The van der Waals surface area contributed by atoms with Gasteiger partial charge < -0.3 is 10.1 Å². The van der Waals surface area contributed by atoms with Gasteiger partial charge in [-0.25, -0.2) is 8.42 Å². The molecule has 0 saturated carbocycles. The van der Waals surface area contributed by atoms with E-state index in [-0.39, 0.29) is 23.5 Å². The molecule has 1 aromatic rings. The SMILES string of the molecule is O=C(N[C@H]1CCS(=O)(=O)C1)C1=C(c2ccccc2)SCCO1. The van der Waals surface area contributed by atoms with E-state index in [1.807, 2.05) is 30.3 Å². The quantitative estimate of drug-likeness (QED) is 0.902. The van der Waals surface area contributed by atoms with Gasteiger partial charge in [-0.05, 0) is 12.0 Å². The third kappa shape index (κ3) is 3.47. The molecule has 2 heterocycles. The van der Waals surface area contributed by atoms with Crippen molar-refractivity contribution in [2.75, 3.05) is 23.9 Å². The van der Waals surface area contributed by atoms with Gasteiger partial charge in [0, 0.05) is 11.8 Å². The number of hydrogen-bond donors (Lipinski definition) is 1. The summed E-state index contributed by atoms with van der Waals surface area (Å²) >= 11 is 1.59. The minimum atomic E-state index is -3.01. The number of hydrogen-bond acceptors (Lipinski definition) is 5. The monoisotopic (exact) mass is 339 g/mol. The van der Waals surface area contributed by atoms with E-state index in [2.05, 4.69) is 5.32 Å². The molecule has 0 aromatic heterocycles. The van der Waals surface area contributed by atoms with E-state index in [0.717, 1.165) is 16.2 Å². The summed E-state index contributed by atoms with van der Waals surface area (Å²) < 4.78 is 28.5. The molecule has 2 aliphatic rings. The van der Waals surface area contributed by atoms with Gasteiger partial charge in [-0.2, -0.15) is 0 Å². The van der Waals surface area contributed by atoms with E-state index in [4.69, 9.17) is 4.74 Å². The van der Waals surface area contributed by atoms with Crippen molar-refractivity contribution in [3.63, 3.8) is 0 Å². The van der Waals surface area contributed by atoms with E-state index in [1.54, 1.807) is 11.8 Å². The highest BCUT2D eigenvalue weighted by molar-refractivity contribution is 8.08. The Labute approximate surface area is 134 Å². The maximum absolute atomic E-state index is 12.4. The Morgan fingerprint density at radius 3 is 2.73 bits per heavy atom. The number of nitrogens with one attached hydrogen (secondary N) is 1. The molecule has 0 radical (unpaired) electrons. The number of sulfone groups is 1. The molecule has 0 unspecified atom stereocenters. The van der Waals surface area contributed by atoms with Gasteiger partial charge in [0.15, 0.2) is 15.6 Å². The minimum absolute atomic E-state index is 0.0137. The average molecular weight is 339 g/mol. The number of thioether (sulfide) groups is 1. The molecule has 5 nitrogen and oxygen atoms in total. The molecule has 7 heteroatoms. The first-order valence-corrected chi connectivity index (χ1v) is 9.92. The van der Waals surface area contributed by atoms with Crippen molar-refractivity contribution in [2.45, 2.75) is 12.5 Å². The summed E-state index contributed by atoms with van der Waals surface area (Å²) in [5.41, 5.74) is 0.941. The zero-order chi connectivity index (χ0) is 15.6. The van der Waals surface area contributed by atoms with E-state index < -0.39 is 9.84 Å². The average Bonchev–Trinajstić information content (AvgIpc) is 2.87. The second-order valence-corrected chi connectivity index (χ2v) is 8.63. The lowest BCUT2D eigenvalue weighted by atomic mass is 10.2. The zero-order valence-corrected chi connectivity index (χ0v) is 13.6. The Hall–Kier alpha value is -1.47. The first-order valence-electron chi connectivity index (χ1n) is 7.12. The van der Waals surface area contributed by atoms with Gasteiger partial charge >= 0.3 is 0 Å². The lowest BCUT2D eigenvalue weighted by Gasteiger charge is -2.21. The second-order valence-electron chi connectivity index (χ2n) is 5.29. The molecule has 0 spiro atoms. The van der Waals surface area contributed by atoms with Gasteiger partial charge in [-0.1, -0.05) is 30.3 Å². The Bertz CT molecular complexity index is 698. The molecule has 1 amide bonds. The van der Waals surface area contributed by atoms with Crippen molar-refractivity contribution in [2.24, 2.45) is 0 Å². The summed E-state index contributed by atoms with van der Waals surface area (Å²) in [7, 11) is -3.01. The lowest BCUT2D eigenvalue weighted by Crippen LogP contribution is -2.37. The van der Waals surface area contributed by atoms with Crippen LogP contribution in [0.4, 0.5) is 0 Å². The number of carbonyl (C=O) groups is 1. The van der Waals surface area contributed by atoms with Crippen LogP contribution in [-0.4, -0.2) is 44.2 Å². The molecule has 1 saturated heterocycles. The van der Waals surface area contributed by atoms with Crippen molar-refractivity contribution < 1.29 is 17.9 Å². The molecule has 0 aliphatic carbocycles. The summed E-state index contributed by atoms with van der Waals surface area (Å²) in [6.07, 6.45) is 0.467. The molecule has 118 valence electrons. The third-order valence-electron chi connectivity index (χ3n) is 3.59. The molecular formula is C15H17NO4S2. The molecule has 0 bridgehead atoms. The Morgan fingerprint density at radius 1 is 1.27 bits per heavy atom.